The molecule has 1 aliphatic rings. The fraction of sp³-hybridized carbons (Fsp3) is 0.350. The van der Waals surface area contributed by atoms with Crippen molar-refractivity contribution in [2.45, 2.75) is 24.4 Å². The van der Waals surface area contributed by atoms with E-state index in [2.05, 4.69) is 5.32 Å². The van der Waals surface area contributed by atoms with E-state index in [1.54, 1.807) is 0 Å². The quantitative estimate of drug-likeness (QED) is 0.780. The zero-order valence-corrected chi connectivity index (χ0v) is 16.1. The van der Waals surface area contributed by atoms with Crippen molar-refractivity contribution >= 4 is 29.1 Å². The molecule has 0 bridgehead atoms. The van der Waals surface area contributed by atoms with Crippen molar-refractivity contribution in [1.29, 1.82) is 0 Å². The number of aliphatic hydroxyl groups excluding tert-OH is 1. The van der Waals surface area contributed by atoms with Gasteiger partial charge in [0.1, 0.15) is 5.82 Å². The predicted octanol–water partition coefficient (Wildman–Crippen LogP) is 4.03. The smallest absolute Gasteiger partial charge is 0.253 e. The van der Waals surface area contributed by atoms with Gasteiger partial charge >= 0.3 is 0 Å². The average Bonchev–Trinajstić information content (AvgIpc) is 2.67. The first-order valence-corrected chi connectivity index (χ1v) is 9.42. The number of carbonyl (C=O) groups excluding carboxylic acids is 1. The Kier molecular flexibility index (Phi) is 6.37. The third-order valence-corrected chi connectivity index (χ3v) is 5.57. The third-order valence-electron chi connectivity index (χ3n) is 5.00. The van der Waals surface area contributed by atoms with Gasteiger partial charge in [0.25, 0.3) is 5.91 Å². The second kappa shape index (κ2) is 8.57. The van der Waals surface area contributed by atoms with Gasteiger partial charge in [-0.3, -0.25) is 4.79 Å². The zero-order valence-electron chi connectivity index (χ0n) is 14.6. The van der Waals surface area contributed by atoms with Crippen molar-refractivity contribution < 1.29 is 19.0 Å². The lowest BCUT2D eigenvalue weighted by atomic mass is 9.74. The molecule has 4 nitrogen and oxygen atoms in total. The van der Waals surface area contributed by atoms with Crippen molar-refractivity contribution in [1.82, 2.24) is 5.32 Å². The van der Waals surface area contributed by atoms with E-state index >= 15 is 0 Å². The maximum atomic E-state index is 14.0. The summed E-state index contributed by atoms with van der Waals surface area (Å²) in [6, 6.07) is 11.3. The molecule has 2 N–H and O–H groups in total. The van der Waals surface area contributed by atoms with Crippen molar-refractivity contribution in [2.24, 2.45) is 0 Å². The van der Waals surface area contributed by atoms with E-state index in [1.165, 1.54) is 12.1 Å². The maximum Gasteiger partial charge on any atom is 0.253 e. The standard InChI is InChI=1S/C20H20Cl2FNO3/c21-13-5-6-14(17(23)11-13)18(25)19(26)24-12-20(7-9-27-10-8-20)15-3-1-2-4-16(15)22/h1-6,11,18,25H,7-10,12H2,(H,24,26). The number of carbonyl (C=O) groups is 1. The van der Waals surface area contributed by atoms with E-state index in [4.69, 9.17) is 27.9 Å². The maximum absolute atomic E-state index is 14.0. The summed E-state index contributed by atoms with van der Waals surface area (Å²) in [4.78, 5) is 12.5. The topological polar surface area (TPSA) is 58.6 Å². The van der Waals surface area contributed by atoms with Crippen LogP contribution in [0, 0.1) is 5.82 Å². The Morgan fingerprint density at radius 1 is 1.22 bits per heavy atom. The van der Waals surface area contributed by atoms with Crippen LogP contribution in [-0.2, 0) is 14.9 Å². The summed E-state index contributed by atoms with van der Waals surface area (Å²) >= 11 is 12.1. The fourth-order valence-electron chi connectivity index (χ4n) is 3.41. The van der Waals surface area contributed by atoms with Gasteiger partial charge in [0.15, 0.2) is 6.10 Å². The van der Waals surface area contributed by atoms with Crippen molar-refractivity contribution in [3.63, 3.8) is 0 Å². The van der Waals surface area contributed by atoms with Gasteiger partial charge in [-0.1, -0.05) is 47.5 Å². The van der Waals surface area contributed by atoms with E-state index in [0.29, 0.717) is 31.1 Å². The van der Waals surface area contributed by atoms with Crippen LogP contribution < -0.4 is 5.32 Å². The number of aliphatic hydroxyl groups is 1. The SMILES string of the molecule is O=C(NCC1(c2ccccc2Cl)CCOCC1)C(O)c1ccc(Cl)cc1F. The van der Waals surface area contributed by atoms with E-state index in [9.17, 15) is 14.3 Å². The second-order valence-electron chi connectivity index (χ2n) is 6.66. The minimum absolute atomic E-state index is 0.115. The highest BCUT2D eigenvalue weighted by molar-refractivity contribution is 6.31. The van der Waals surface area contributed by atoms with Crippen molar-refractivity contribution in [2.75, 3.05) is 19.8 Å². The molecule has 1 unspecified atom stereocenters. The number of amides is 1. The first-order valence-electron chi connectivity index (χ1n) is 8.66. The van der Waals surface area contributed by atoms with Gasteiger partial charge in [0.05, 0.1) is 0 Å². The summed E-state index contributed by atoms with van der Waals surface area (Å²) in [5.41, 5.74) is 0.419. The molecule has 7 heteroatoms. The lowest BCUT2D eigenvalue weighted by molar-refractivity contribution is -0.130. The van der Waals surface area contributed by atoms with Crippen LogP contribution in [0.5, 0.6) is 0 Å². The van der Waals surface area contributed by atoms with Gasteiger partial charge in [-0.25, -0.2) is 4.39 Å². The van der Waals surface area contributed by atoms with Crippen LogP contribution in [0.4, 0.5) is 4.39 Å². The van der Waals surface area contributed by atoms with Crippen LogP contribution in [-0.4, -0.2) is 30.8 Å². The predicted molar refractivity (Wildman–Crippen MR) is 103 cm³/mol. The van der Waals surface area contributed by atoms with Gasteiger partial charge in [-0.2, -0.15) is 0 Å². The Morgan fingerprint density at radius 3 is 2.59 bits per heavy atom. The van der Waals surface area contributed by atoms with Gasteiger partial charge in [0, 0.05) is 40.8 Å². The largest absolute Gasteiger partial charge is 0.381 e. The zero-order chi connectivity index (χ0) is 19.4. The molecule has 1 aliphatic heterocycles. The Morgan fingerprint density at radius 2 is 1.93 bits per heavy atom. The molecule has 2 aromatic carbocycles. The minimum Gasteiger partial charge on any atom is -0.381 e. The summed E-state index contributed by atoms with van der Waals surface area (Å²) in [5, 5.41) is 13.8. The van der Waals surface area contributed by atoms with Gasteiger partial charge < -0.3 is 15.2 Å². The van der Waals surface area contributed by atoms with Crippen molar-refractivity contribution in [3.8, 4) is 0 Å². The van der Waals surface area contributed by atoms with E-state index < -0.39 is 23.2 Å². The number of nitrogens with one attached hydrogen (secondary N) is 1. The normalized spacial score (nSPS) is 17.3. The van der Waals surface area contributed by atoms with Crippen LogP contribution >= 0.6 is 23.2 Å². The Balaban J connectivity index is 1.77. The van der Waals surface area contributed by atoms with Crippen LogP contribution in [0.25, 0.3) is 0 Å². The fourth-order valence-corrected chi connectivity index (χ4v) is 3.91. The third kappa shape index (κ3) is 4.43. The molecular weight excluding hydrogens is 392 g/mol. The first kappa shape index (κ1) is 20.1. The van der Waals surface area contributed by atoms with E-state index in [-0.39, 0.29) is 17.1 Å². The minimum atomic E-state index is -1.62. The average molecular weight is 412 g/mol. The van der Waals surface area contributed by atoms with Crippen molar-refractivity contribution in [3.05, 3.63) is 69.5 Å². The summed E-state index contributed by atoms with van der Waals surface area (Å²) in [7, 11) is 0. The molecule has 0 spiro atoms. The number of hydrogen-bond acceptors (Lipinski definition) is 3. The molecule has 0 aliphatic carbocycles. The second-order valence-corrected chi connectivity index (χ2v) is 7.50. The molecule has 1 fully saturated rings. The molecule has 1 amide bonds. The molecule has 1 saturated heterocycles. The molecule has 1 heterocycles. The van der Waals surface area contributed by atoms with Gasteiger partial charge in [0.2, 0.25) is 0 Å². The summed E-state index contributed by atoms with van der Waals surface area (Å²) in [5.74, 6) is -1.40. The molecule has 0 aromatic heterocycles. The summed E-state index contributed by atoms with van der Waals surface area (Å²) in [6.07, 6.45) is -0.254. The van der Waals surface area contributed by atoms with Gasteiger partial charge in [-0.05, 0) is 36.6 Å². The number of rotatable bonds is 5. The highest BCUT2D eigenvalue weighted by atomic mass is 35.5. The Bertz CT molecular complexity index is 825. The monoisotopic (exact) mass is 411 g/mol. The molecule has 2 aromatic rings. The molecule has 1 atom stereocenters. The van der Waals surface area contributed by atoms with Crippen LogP contribution in [0.1, 0.15) is 30.1 Å². The Labute approximate surface area is 167 Å². The Hall–Kier alpha value is -1.66. The van der Waals surface area contributed by atoms with E-state index in [0.717, 1.165) is 11.6 Å². The molecule has 0 saturated carbocycles. The highest BCUT2D eigenvalue weighted by Gasteiger charge is 2.37. The summed E-state index contributed by atoms with van der Waals surface area (Å²) in [6.45, 7) is 1.37. The van der Waals surface area contributed by atoms with Crippen LogP contribution in [0.15, 0.2) is 42.5 Å². The molecule has 3 rings (SSSR count). The van der Waals surface area contributed by atoms with Crippen LogP contribution in [0.2, 0.25) is 10.0 Å². The lowest BCUT2D eigenvalue weighted by Crippen LogP contribution is -2.46. The lowest BCUT2D eigenvalue weighted by Gasteiger charge is -2.38. The highest BCUT2D eigenvalue weighted by Crippen LogP contribution is 2.38. The summed E-state index contributed by atoms with van der Waals surface area (Å²) < 4.78 is 19.5. The first-order chi connectivity index (χ1) is 12.9. The molecule has 144 valence electrons. The molecule has 0 radical (unpaired) electrons. The van der Waals surface area contributed by atoms with Crippen LogP contribution in [0.3, 0.4) is 0 Å². The molecular formula is C20H20Cl2FNO3. The van der Waals surface area contributed by atoms with E-state index in [1.807, 2.05) is 24.3 Å². The number of halogens is 3. The molecule has 27 heavy (non-hydrogen) atoms. The van der Waals surface area contributed by atoms with Gasteiger partial charge in [-0.15, -0.1) is 0 Å². The number of hydrogen-bond donors (Lipinski definition) is 2. The number of benzene rings is 2. The number of ether oxygens (including phenoxy) is 1.